The lowest BCUT2D eigenvalue weighted by molar-refractivity contribution is 0.0874. The monoisotopic (exact) mass is 284 g/mol. The topological polar surface area (TPSA) is 44.5 Å². The van der Waals surface area contributed by atoms with Crippen LogP contribution in [-0.2, 0) is 6.42 Å². The third-order valence-corrected chi connectivity index (χ3v) is 4.05. The minimum absolute atomic E-state index is 0.126. The van der Waals surface area contributed by atoms with Gasteiger partial charge < -0.3 is 4.90 Å². The van der Waals surface area contributed by atoms with Crippen LogP contribution in [0.5, 0.6) is 0 Å². The number of halogens is 2. The van der Waals surface area contributed by atoms with Crippen molar-refractivity contribution in [3.05, 3.63) is 35.4 Å². The Labute approximate surface area is 118 Å². The molecule has 1 heterocycles. The zero-order valence-corrected chi connectivity index (χ0v) is 11.9. The van der Waals surface area contributed by atoms with Gasteiger partial charge in [-0.05, 0) is 32.1 Å². The molecule has 20 heavy (non-hydrogen) atoms. The molecule has 0 aliphatic carbocycles. The number of nitrogens with two attached hydrogens (primary N) is 1. The van der Waals surface area contributed by atoms with E-state index in [1.165, 1.54) is 6.07 Å². The molecule has 0 spiro atoms. The van der Waals surface area contributed by atoms with Crippen LogP contribution in [0.2, 0.25) is 0 Å². The number of nitrogens with zero attached hydrogens (tertiary/aromatic N) is 2. The van der Waals surface area contributed by atoms with Gasteiger partial charge in [0, 0.05) is 31.7 Å². The van der Waals surface area contributed by atoms with Crippen LogP contribution in [0.3, 0.4) is 0 Å². The maximum atomic E-state index is 13.8. The first-order valence-corrected chi connectivity index (χ1v) is 6.80. The highest BCUT2D eigenvalue weighted by atomic mass is 19.2. The fraction of sp³-hybridized carbons (Fsp3) is 0.571. The third-order valence-electron chi connectivity index (χ3n) is 4.05. The van der Waals surface area contributed by atoms with Crippen molar-refractivity contribution in [2.24, 2.45) is 5.84 Å². The molecule has 0 amide bonds. The summed E-state index contributed by atoms with van der Waals surface area (Å²) in [5.74, 6) is 4.05. The van der Waals surface area contributed by atoms with E-state index in [0.717, 1.165) is 25.7 Å². The number of hydrogen-bond donors (Lipinski definition) is 2. The minimum atomic E-state index is -0.813. The van der Waals surface area contributed by atoms with Gasteiger partial charge in [-0.15, -0.1) is 0 Å². The van der Waals surface area contributed by atoms with Crippen molar-refractivity contribution in [3.63, 3.8) is 0 Å². The second kappa shape index (κ2) is 6.58. The van der Waals surface area contributed by atoms with Crippen molar-refractivity contribution < 1.29 is 8.78 Å². The van der Waals surface area contributed by atoms with Gasteiger partial charge in [0.05, 0.1) is 0 Å². The normalized spacial score (nSPS) is 22.9. The lowest BCUT2D eigenvalue weighted by Gasteiger charge is -2.41. The molecule has 1 saturated heterocycles. The Morgan fingerprint density at radius 3 is 2.80 bits per heavy atom. The molecule has 0 aromatic heterocycles. The van der Waals surface area contributed by atoms with Crippen LogP contribution < -0.4 is 11.3 Å². The molecule has 0 saturated carbocycles. The first-order chi connectivity index (χ1) is 9.52. The fourth-order valence-electron chi connectivity index (χ4n) is 2.73. The van der Waals surface area contributed by atoms with Gasteiger partial charge in [-0.25, -0.2) is 8.78 Å². The highest BCUT2D eigenvalue weighted by Crippen LogP contribution is 2.17. The summed E-state index contributed by atoms with van der Waals surface area (Å²) in [6.07, 6.45) is 0.364. The van der Waals surface area contributed by atoms with E-state index >= 15 is 0 Å². The molecule has 0 radical (unpaired) electrons. The predicted octanol–water partition coefficient (Wildman–Crippen LogP) is 0.585. The molecule has 1 aliphatic rings. The molecule has 1 fully saturated rings. The van der Waals surface area contributed by atoms with Crippen molar-refractivity contribution in [1.29, 1.82) is 0 Å². The summed E-state index contributed by atoms with van der Waals surface area (Å²) in [6, 6.07) is 4.30. The molecule has 1 aromatic carbocycles. The number of nitrogens with one attached hydrogen (secondary N) is 1. The number of hydrogen-bond acceptors (Lipinski definition) is 4. The SMILES string of the molecule is CN1CCN(C)C(C(Cc2cccc(F)c2F)NN)C1. The molecular weight excluding hydrogens is 262 g/mol. The van der Waals surface area contributed by atoms with Gasteiger partial charge in [-0.2, -0.15) is 0 Å². The van der Waals surface area contributed by atoms with Crippen LogP contribution in [0.1, 0.15) is 5.56 Å². The molecule has 3 N–H and O–H groups in total. The Morgan fingerprint density at radius 1 is 1.35 bits per heavy atom. The summed E-state index contributed by atoms with van der Waals surface area (Å²) < 4.78 is 27.0. The molecular formula is C14H22F2N4. The van der Waals surface area contributed by atoms with E-state index in [4.69, 9.17) is 5.84 Å². The van der Waals surface area contributed by atoms with Gasteiger partial charge in [0.25, 0.3) is 0 Å². The lowest BCUT2D eigenvalue weighted by Crippen LogP contribution is -2.60. The molecule has 4 nitrogen and oxygen atoms in total. The van der Waals surface area contributed by atoms with Crippen LogP contribution in [-0.4, -0.2) is 55.6 Å². The second-order valence-corrected chi connectivity index (χ2v) is 5.50. The molecule has 1 aliphatic heterocycles. The zero-order chi connectivity index (χ0) is 14.7. The summed E-state index contributed by atoms with van der Waals surface area (Å²) in [4.78, 5) is 4.43. The van der Waals surface area contributed by atoms with E-state index in [2.05, 4.69) is 22.3 Å². The van der Waals surface area contributed by atoms with E-state index in [-0.39, 0.29) is 12.1 Å². The quantitative estimate of drug-likeness (QED) is 0.627. The zero-order valence-electron chi connectivity index (χ0n) is 11.9. The number of benzene rings is 1. The second-order valence-electron chi connectivity index (χ2n) is 5.50. The van der Waals surface area contributed by atoms with Crippen LogP contribution in [0.15, 0.2) is 18.2 Å². The van der Waals surface area contributed by atoms with Crippen molar-refractivity contribution >= 4 is 0 Å². The van der Waals surface area contributed by atoms with Crippen molar-refractivity contribution in [2.75, 3.05) is 33.7 Å². The van der Waals surface area contributed by atoms with Gasteiger partial charge in [0.1, 0.15) is 0 Å². The summed E-state index contributed by atoms with van der Waals surface area (Å²) >= 11 is 0. The minimum Gasteiger partial charge on any atom is -0.303 e. The predicted molar refractivity (Wildman–Crippen MR) is 75.1 cm³/mol. The molecule has 1 aromatic rings. The van der Waals surface area contributed by atoms with Crippen LogP contribution >= 0.6 is 0 Å². The summed E-state index contributed by atoms with van der Waals surface area (Å²) in [5.41, 5.74) is 3.12. The van der Waals surface area contributed by atoms with Crippen LogP contribution in [0, 0.1) is 11.6 Å². The lowest BCUT2D eigenvalue weighted by atomic mass is 9.96. The Kier molecular flexibility index (Phi) is 5.04. The largest absolute Gasteiger partial charge is 0.303 e. The Hall–Kier alpha value is -1.08. The Bertz CT molecular complexity index is 455. The van der Waals surface area contributed by atoms with E-state index in [1.54, 1.807) is 6.07 Å². The van der Waals surface area contributed by atoms with Crippen LogP contribution in [0.4, 0.5) is 8.78 Å². The van der Waals surface area contributed by atoms with E-state index in [0.29, 0.717) is 12.0 Å². The molecule has 6 heteroatoms. The van der Waals surface area contributed by atoms with E-state index < -0.39 is 11.6 Å². The summed E-state index contributed by atoms with van der Waals surface area (Å²) in [6.45, 7) is 2.78. The van der Waals surface area contributed by atoms with Crippen molar-refractivity contribution in [2.45, 2.75) is 18.5 Å². The maximum Gasteiger partial charge on any atom is 0.162 e. The van der Waals surface area contributed by atoms with Gasteiger partial charge in [0.2, 0.25) is 0 Å². The Morgan fingerprint density at radius 2 is 2.10 bits per heavy atom. The number of piperazine rings is 1. The summed E-state index contributed by atoms with van der Waals surface area (Å²) in [5, 5.41) is 0. The van der Waals surface area contributed by atoms with Gasteiger partial charge >= 0.3 is 0 Å². The standard InChI is InChI=1S/C14H22F2N4/c1-19-6-7-20(2)13(9-19)12(18-17)8-10-4-3-5-11(15)14(10)16/h3-5,12-13,18H,6-9,17H2,1-2H3. The highest BCUT2D eigenvalue weighted by Gasteiger charge is 2.30. The molecule has 112 valence electrons. The van der Waals surface area contributed by atoms with Crippen molar-refractivity contribution in [3.8, 4) is 0 Å². The van der Waals surface area contributed by atoms with Crippen molar-refractivity contribution in [1.82, 2.24) is 15.2 Å². The fourth-order valence-corrected chi connectivity index (χ4v) is 2.73. The average Bonchev–Trinajstić information content (AvgIpc) is 2.43. The van der Waals surface area contributed by atoms with Gasteiger partial charge in [-0.3, -0.25) is 16.2 Å². The third kappa shape index (κ3) is 3.32. The summed E-state index contributed by atoms with van der Waals surface area (Å²) in [7, 11) is 4.08. The van der Waals surface area contributed by atoms with Crippen LogP contribution in [0.25, 0.3) is 0 Å². The van der Waals surface area contributed by atoms with E-state index in [1.807, 2.05) is 7.05 Å². The van der Waals surface area contributed by atoms with Gasteiger partial charge in [-0.1, -0.05) is 12.1 Å². The van der Waals surface area contributed by atoms with E-state index in [9.17, 15) is 8.78 Å². The first-order valence-electron chi connectivity index (χ1n) is 6.80. The average molecular weight is 284 g/mol. The smallest absolute Gasteiger partial charge is 0.162 e. The highest BCUT2D eigenvalue weighted by molar-refractivity contribution is 5.20. The number of rotatable bonds is 4. The maximum absolute atomic E-state index is 13.8. The number of hydrazine groups is 1. The number of likely N-dealkylation sites (N-methyl/N-ethyl adjacent to an activating group) is 2. The molecule has 2 atom stereocenters. The molecule has 0 bridgehead atoms. The first kappa shape index (κ1) is 15.3. The molecule has 2 unspecified atom stereocenters. The molecule has 2 rings (SSSR count). The Balaban J connectivity index is 2.14. The van der Waals surface area contributed by atoms with Gasteiger partial charge in [0.15, 0.2) is 11.6 Å².